The lowest BCUT2D eigenvalue weighted by Crippen LogP contribution is -2.18. The third-order valence-electron chi connectivity index (χ3n) is 3.62. The van der Waals surface area contributed by atoms with E-state index in [9.17, 15) is 0 Å². The quantitative estimate of drug-likeness (QED) is 0.884. The maximum absolute atomic E-state index is 5.58. The van der Waals surface area contributed by atoms with Gasteiger partial charge in [0.05, 0.1) is 7.11 Å². The number of ether oxygens (including phenoxy) is 1. The van der Waals surface area contributed by atoms with E-state index >= 15 is 0 Å². The number of halogens is 1. The van der Waals surface area contributed by atoms with E-state index in [-0.39, 0.29) is 18.4 Å². The molecule has 21 heavy (non-hydrogen) atoms. The molecule has 3 nitrogen and oxygen atoms in total. The van der Waals surface area contributed by atoms with Gasteiger partial charge in [0.15, 0.2) is 0 Å². The maximum atomic E-state index is 5.58. The van der Waals surface area contributed by atoms with Gasteiger partial charge in [0.1, 0.15) is 17.3 Å². The van der Waals surface area contributed by atoms with Gasteiger partial charge in [0.25, 0.3) is 0 Å². The molecular weight excluding hydrogens is 286 g/mol. The molecule has 1 atom stereocenters. The van der Waals surface area contributed by atoms with Gasteiger partial charge in [0.2, 0.25) is 0 Å². The van der Waals surface area contributed by atoms with Gasteiger partial charge in [-0.25, -0.2) is 0 Å². The number of rotatable bonds is 5. The van der Waals surface area contributed by atoms with Crippen LogP contribution < -0.4 is 10.1 Å². The monoisotopic (exact) mass is 309 g/mol. The van der Waals surface area contributed by atoms with Gasteiger partial charge in [-0.3, -0.25) is 0 Å². The molecule has 0 spiro atoms. The highest BCUT2D eigenvalue weighted by Crippen LogP contribution is 2.22. The molecule has 0 bridgehead atoms. The Morgan fingerprint density at radius 3 is 2.43 bits per heavy atom. The molecule has 0 aliphatic carbocycles. The second kappa shape index (κ2) is 7.53. The average Bonchev–Trinajstić information content (AvgIpc) is 2.75. The van der Waals surface area contributed by atoms with Crippen LogP contribution >= 0.6 is 12.4 Å². The summed E-state index contributed by atoms with van der Waals surface area (Å²) in [6.07, 6.45) is 0. The summed E-state index contributed by atoms with van der Waals surface area (Å²) in [4.78, 5) is 0. The first-order valence-corrected chi connectivity index (χ1v) is 6.95. The molecule has 0 saturated heterocycles. The molecule has 4 heteroatoms. The second-order valence-corrected chi connectivity index (χ2v) is 5.28. The molecule has 0 aliphatic heterocycles. The number of methoxy groups -OCH3 is 1. The molecule has 2 aromatic rings. The molecule has 1 aromatic carbocycles. The zero-order valence-electron chi connectivity index (χ0n) is 13.3. The number of nitrogens with one attached hydrogen (secondary N) is 1. The van der Waals surface area contributed by atoms with Gasteiger partial charge < -0.3 is 14.5 Å². The molecule has 1 aromatic heterocycles. The van der Waals surface area contributed by atoms with Crippen molar-refractivity contribution in [3.63, 3.8) is 0 Å². The summed E-state index contributed by atoms with van der Waals surface area (Å²) in [5, 5.41) is 3.53. The Balaban J connectivity index is 0.00000220. The van der Waals surface area contributed by atoms with Crippen LogP contribution in [0.3, 0.4) is 0 Å². The van der Waals surface area contributed by atoms with Crippen molar-refractivity contribution in [1.82, 2.24) is 5.32 Å². The highest BCUT2D eigenvalue weighted by atomic mass is 35.5. The van der Waals surface area contributed by atoms with Crippen LogP contribution in [0, 0.1) is 20.8 Å². The molecular formula is C17H24ClNO2. The van der Waals surface area contributed by atoms with E-state index in [1.165, 1.54) is 11.1 Å². The Kier molecular flexibility index (Phi) is 6.31. The van der Waals surface area contributed by atoms with Crippen molar-refractivity contribution in [2.24, 2.45) is 0 Å². The molecule has 0 saturated carbocycles. The van der Waals surface area contributed by atoms with Crippen LogP contribution in [0.15, 0.2) is 28.7 Å². The number of hydrogen-bond donors (Lipinski definition) is 1. The first-order chi connectivity index (χ1) is 9.51. The first kappa shape index (κ1) is 17.6. The Morgan fingerprint density at radius 1 is 1.19 bits per heavy atom. The van der Waals surface area contributed by atoms with Crippen molar-refractivity contribution >= 4 is 12.4 Å². The van der Waals surface area contributed by atoms with Crippen LogP contribution in [0.25, 0.3) is 0 Å². The highest BCUT2D eigenvalue weighted by molar-refractivity contribution is 5.85. The summed E-state index contributed by atoms with van der Waals surface area (Å²) < 4.78 is 10.9. The SMILES string of the molecule is COc1ccc(CNC(C)c2cc(C)oc2C)cc1C.Cl. The molecule has 0 amide bonds. The largest absolute Gasteiger partial charge is 0.496 e. The van der Waals surface area contributed by atoms with Crippen LogP contribution in [-0.2, 0) is 6.54 Å². The predicted octanol–water partition coefficient (Wildman–Crippen LogP) is 4.49. The molecule has 1 heterocycles. The summed E-state index contributed by atoms with van der Waals surface area (Å²) in [6.45, 7) is 9.05. The lowest BCUT2D eigenvalue weighted by Gasteiger charge is -2.14. The van der Waals surface area contributed by atoms with E-state index in [2.05, 4.69) is 37.4 Å². The Bertz CT molecular complexity index is 592. The molecule has 2 rings (SSSR count). The number of aryl methyl sites for hydroxylation is 3. The van der Waals surface area contributed by atoms with E-state index in [4.69, 9.17) is 9.15 Å². The number of furan rings is 1. The van der Waals surface area contributed by atoms with Crippen molar-refractivity contribution in [2.45, 2.75) is 40.3 Å². The molecule has 1 N–H and O–H groups in total. The van der Waals surface area contributed by atoms with Crippen molar-refractivity contribution in [2.75, 3.05) is 7.11 Å². The highest BCUT2D eigenvalue weighted by Gasteiger charge is 2.12. The zero-order valence-corrected chi connectivity index (χ0v) is 14.1. The Hall–Kier alpha value is -1.45. The standard InChI is InChI=1S/C17H23NO2.ClH/c1-11-8-15(6-7-17(11)19-5)10-18-13(3)16-9-12(2)20-14(16)4;/h6-9,13,18H,10H2,1-5H3;1H. The third-order valence-corrected chi connectivity index (χ3v) is 3.62. The van der Waals surface area contributed by atoms with Gasteiger partial charge in [-0.05, 0) is 51.0 Å². The summed E-state index contributed by atoms with van der Waals surface area (Å²) in [5.41, 5.74) is 3.65. The van der Waals surface area contributed by atoms with Crippen molar-refractivity contribution < 1.29 is 9.15 Å². The van der Waals surface area contributed by atoms with E-state index < -0.39 is 0 Å². The van der Waals surface area contributed by atoms with Gasteiger partial charge in [-0.15, -0.1) is 12.4 Å². The van der Waals surface area contributed by atoms with Crippen LogP contribution in [0.4, 0.5) is 0 Å². The predicted molar refractivity (Wildman–Crippen MR) is 88.4 cm³/mol. The minimum Gasteiger partial charge on any atom is -0.496 e. The van der Waals surface area contributed by atoms with Crippen LogP contribution in [0.2, 0.25) is 0 Å². The van der Waals surface area contributed by atoms with Gasteiger partial charge >= 0.3 is 0 Å². The summed E-state index contributed by atoms with van der Waals surface area (Å²) >= 11 is 0. The average molecular weight is 310 g/mol. The summed E-state index contributed by atoms with van der Waals surface area (Å²) in [7, 11) is 1.70. The molecule has 0 radical (unpaired) electrons. The zero-order chi connectivity index (χ0) is 14.7. The molecule has 1 unspecified atom stereocenters. The van der Waals surface area contributed by atoms with Crippen molar-refractivity contribution in [1.29, 1.82) is 0 Å². The summed E-state index contributed by atoms with van der Waals surface area (Å²) in [6, 6.07) is 8.65. The van der Waals surface area contributed by atoms with E-state index in [0.717, 1.165) is 29.4 Å². The maximum Gasteiger partial charge on any atom is 0.121 e. The lowest BCUT2D eigenvalue weighted by atomic mass is 10.1. The van der Waals surface area contributed by atoms with Crippen LogP contribution in [0.5, 0.6) is 5.75 Å². The Labute approximate surface area is 133 Å². The molecule has 0 aliphatic rings. The second-order valence-electron chi connectivity index (χ2n) is 5.28. The normalized spacial score (nSPS) is 11.9. The van der Waals surface area contributed by atoms with Crippen molar-refractivity contribution in [3.8, 4) is 5.75 Å². The minimum atomic E-state index is 0. The fraction of sp³-hybridized carbons (Fsp3) is 0.412. The molecule has 0 fully saturated rings. The smallest absolute Gasteiger partial charge is 0.121 e. The fourth-order valence-electron chi connectivity index (χ4n) is 2.51. The molecule has 116 valence electrons. The third kappa shape index (κ3) is 4.26. The number of benzene rings is 1. The fourth-order valence-corrected chi connectivity index (χ4v) is 2.51. The van der Waals surface area contributed by atoms with E-state index in [0.29, 0.717) is 0 Å². The van der Waals surface area contributed by atoms with Crippen molar-refractivity contribution in [3.05, 3.63) is 52.5 Å². The lowest BCUT2D eigenvalue weighted by molar-refractivity contribution is 0.411. The Morgan fingerprint density at radius 2 is 1.90 bits per heavy atom. The van der Waals surface area contributed by atoms with E-state index in [1.807, 2.05) is 19.9 Å². The first-order valence-electron chi connectivity index (χ1n) is 6.95. The van der Waals surface area contributed by atoms with E-state index in [1.54, 1.807) is 7.11 Å². The van der Waals surface area contributed by atoms with Gasteiger partial charge in [-0.1, -0.05) is 12.1 Å². The van der Waals surface area contributed by atoms with Gasteiger partial charge in [-0.2, -0.15) is 0 Å². The topological polar surface area (TPSA) is 34.4 Å². The summed E-state index contributed by atoms with van der Waals surface area (Å²) in [5.74, 6) is 2.89. The minimum absolute atomic E-state index is 0. The van der Waals surface area contributed by atoms with Gasteiger partial charge in [0, 0.05) is 18.2 Å². The number of hydrogen-bond acceptors (Lipinski definition) is 3. The van der Waals surface area contributed by atoms with Crippen LogP contribution in [0.1, 0.15) is 41.2 Å². The van der Waals surface area contributed by atoms with Crippen LogP contribution in [-0.4, -0.2) is 7.11 Å².